The first-order valence-electron chi connectivity index (χ1n) is 4.75. The number of hydrogen-bond donors (Lipinski definition) is 0. The highest BCUT2D eigenvalue weighted by molar-refractivity contribution is 9.09. The molecule has 16 heavy (non-hydrogen) atoms. The normalized spacial score (nSPS) is 11.1. The molecule has 0 saturated carbocycles. The Bertz CT molecular complexity index is 529. The molecule has 2 nitrogen and oxygen atoms in total. The zero-order valence-corrected chi connectivity index (χ0v) is 10.8. The van der Waals surface area contributed by atoms with Crippen LogP contribution in [0.25, 0.3) is 0 Å². The summed E-state index contributed by atoms with van der Waals surface area (Å²) in [4.78, 5) is 1.41. The van der Waals surface area contributed by atoms with Gasteiger partial charge in [-0.3, -0.25) is 0 Å². The van der Waals surface area contributed by atoms with E-state index in [9.17, 15) is 4.21 Å². The smallest absolute Gasteiger partial charge is 0.115 e. The Kier molecular flexibility index (Phi) is 3.41. The lowest BCUT2D eigenvalue weighted by Crippen LogP contribution is -1.99. The number of halogens is 1. The van der Waals surface area contributed by atoms with Gasteiger partial charge in [0, 0.05) is 0 Å². The maximum Gasteiger partial charge on any atom is 0.115 e. The first-order chi connectivity index (χ1) is 7.77. The number of hydrogen-bond acceptors (Lipinski definition) is 2. The standard InChI is InChI=1S/C12H10BrNOS/c13-14-16(15,11-7-3-1-4-8-11)12-9-5-2-6-10-12/h1-10H. The van der Waals surface area contributed by atoms with Gasteiger partial charge in [-0.25, -0.2) is 4.21 Å². The summed E-state index contributed by atoms with van der Waals surface area (Å²) in [6, 6.07) is 18.5. The summed E-state index contributed by atoms with van der Waals surface area (Å²) in [7, 11) is -2.54. The fourth-order valence-electron chi connectivity index (χ4n) is 1.43. The second kappa shape index (κ2) is 4.80. The van der Waals surface area contributed by atoms with E-state index >= 15 is 0 Å². The van der Waals surface area contributed by atoms with Gasteiger partial charge in [-0.05, 0) is 24.3 Å². The van der Waals surface area contributed by atoms with Gasteiger partial charge in [0.1, 0.15) is 9.73 Å². The van der Waals surface area contributed by atoms with E-state index in [0.29, 0.717) is 9.79 Å². The van der Waals surface area contributed by atoms with Gasteiger partial charge in [-0.2, -0.15) is 0 Å². The molecule has 0 bridgehead atoms. The van der Waals surface area contributed by atoms with Crippen molar-refractivity contribution in [2.24, 2.45) is 3.39 Å². The van der Waals surface area contributed by atoms with Gasteiger partial charge >= 0.3 is 0 Å². The fraction of sp³-hybridized carbons (Fsp3) is 0. The Labute approximate surface area is 104 Å². The van der Waals surface area contributed by atoms with E-state index in [2.05, 4.69) is 19.5 Å². The molecule has 0 aromatic heterocycles. The largest absolute Gasteiger partial charge is 0.239 e. The zero-order chi connectivity index (χ0) is 11.4. The Morgan fingerprint density at radius 1 is 0.812 bits per heavy atom. The minimum Gasteiger partial charge on any atom is -0.239 e. The first-order valence-corrected chi connectivity index (χ1v) is 6.97. The van der Waals surface area contributed by atoms with Crippen LogP contribution in [0.15, 0.2) is 73.8 Å². The minimum atomic E-state index is -2.54. The summed E-state index contributed by atoms with van der Waals surface area (Å²) >= 11 is 2.99. The SMILES string of the molecule is O=S(=NBr)(c1ccccc1)c1ccccc1. The van der Waals surface area contributed by atoms with Crippen molar-refractivity contribution in [1.29, 1.82) is 0 Å². The maximum absolute atomic E-state index is 12.7. The second-order valence-corrected chi connectivity index (χ2v) is 6.22. The summed E-state index contributed by atoms with van der Waals surface area (Å²) in [5.41, 5.74) is 0. The van der Waals surface area contributed by atoms with Gasteiger partial charge in [-0.1, -0.05) is 36.4 Å². The molecule has 0 saturated heterocycles. The van der Waals surface area contributed by atoms with Crippen molar-refractivity contribution in [2.75, 3.05) is 0 Å². The van der Waals surface area contributed by atoms with Gasteiger partial charge in [0.15, 0.2) is 0 Å². The molecule has 0 unspecified atom stereocenters. The van der Waals surface area contributed by atoms with Gasteiger partial charge in [0.2, 0.25) is 0 Å². The molecule has 0 spiro atoms. The average Bonchev–Trinajstić information content (AvgIpc) is 2.40. The molecule has 0 N–H and O–H groups in total. The topological polar surface area (TPSA) is 29.4 Å². The molecule has 2 aromatic carbocycles. The minimum absolute atomic E-state index is 0.707. The van der Waals surface area contributed by atoms with Crippen molar-refractivity contribution in [2.45, 2.75) is 9.79 Å². The fourth-order valence-corrected chi connectivity index (χ4v) is 3.91. The van der Waals surface area contributed by atoms with Crippen LogP contribution >= 0.6 is 16.1 Å². The maximum atomic E-state index is 12.7. The Morgan fingerprint density at radius 3 is 1.50 bits per heavy atom. The summed E-state index contributed by atoms with van der Waals surface area (Å²) in [5.74, 6) is 0. The summed E-state index contributed by atoms with van der Waals surface area (Å²) < 4.78 is 16.6. The number of benzene rings is 2. The van der Waals surface area contributed by atoms with Crippen LogP contribution < -0.4 is 0 Å². The summed E-state index contributed by atoms with van der Waals surface area (Å²) in [6.45, 7) is 0. The highest BCUT2D eigenvalue weighted by Crippen LogP contribution is 2.24. The Balaban J connectivity index is 2.64. The molecule has 2 aromatic rings. The van der Waals surface area contributed by atoms with Crippen molar-refractivity contribution >= 4 is 25.9 Å². The van der Waals surface area contributed by atoms with E-state index < -0.39 is 9.73 Å². The molecule has 0 aliphatic heterocycles. The summed E-state index contributed by atoms with van der Waals surface area (Å²) in [5, 5.41) is 0. The van der Waals surface area contributed by atoms with Crippen LogP contribution in [0.3, 0.4) is 0 Å². The van der Waals surface area contributed by atoms with Gasteiger partial charge in [0.05, 0.1) is 25.9 Å². The first kappa shape index (κ1) is 11.4. The molecule has 0 amide bonds. The van der Waals surface area contributed by atoms with Crippen LogP contribution in [-0.4, -0.2) is 4.21 Å². The zero-order valence-electron chi connectivity index (χ0n) is 8.42. The van der Waals surface area contributed by atoms with Crippen molar-refractivity contribution in [3.8, 4) is 0 Å². The van der Waals surface area contributed by atoms with E-state index in [4.69, 9.17) is 0 Å². The monoisotopic (exact) mass is 295 g/mol. The Morgan fingerprint density at radius 2 is 1.19 bits per heavy atom. The third-order valence-corrected chi connectivity index (χ3v) is 5.46. The van der Waals surface area contributed by atoms with Crippen LogP contribution in [0.5, 0.6) is 0 Å². The second-order valence-electron chi connectivity index (χ2n) is 3.22. The van der Waals surface area contributed by atoms with Crippen molar-refractivity contribution in [1.82, 2.24) is 0 Å². The molecule has 0 aliphatic rings. The van der Waals surface area contributed by atoms with E-state index in [1.54, 1.807) is 0 Å². The predicted octanol–water partition coefficient (Wildman–Crippen LogP) is 3.88. The predicted molar refractivity (Wildman–Crippen MR) is 68.9 cm³/mol. The summed E-state index contributed by atoms with van der Waals surface area (Å²) in [6.07, 6.45) is 0. The van der Waals surface area contributed by atoms with Crippen LogP contribution in [0.1, 0.15) is 0 Å². The highest BCUT2D eigenvalue weighted by Gasteiger charge is 2.14. The molecular weight excluding hydrogens is 286 g/mol. The van der Waals surface area contributed by atoms with Crippen molar-refractivity contribution < 1.29 is 4.21 Å². The lowest BCUT2D eigenvalue weighted by Gasteiger charge is -2.08. The van der Waals surface area contributed by atoms with Crippen molar-refractivity contribution in [3.63, 3.8) is 0 Å². The molecule has 4 heteroatoms. The number of rotatable bonds is 2. The average molecular weight is 296 g/mol. The Hall–Kier alpha value is -1.13. The molecular formula is C12H10BrNOS. The van der Waals surface area contributed by atoms with E-state index in [0.717, 1.165) is 0 Å². The lowest BCUT2D eigenvalue weighted by molar-refractivity contribution is 0.677. The number of nitrogens with zero attached hydrogens (tertiary/aromatic N) is 1. The third-order valence-electron chi connectivity index (χ3n) is 2.22. The van der Waals surface area contributed by atoms with E-state index in [1.807, 2.05) is 60.7 Å². The van der Waals surface area contributed by atoms with Gasteiger partial charge in [-0.15, -0.1) is 3.39 Å². The lowest BCUT2D eigenvalue weighted by atomic mass is 10.4. The molecule has 2 rings (SSSR count). The van der Waals surface area contributed by atoms with Crippen LogP contribution in [0.4, 0.5) is 0 Å². The highest BCUT2D eigenvalue weighted by atomic mass is 79.9. The molecule has 0 radical (unpaired) electrons. The van der Waals surface area contributed by atoms with E-state index in [-0.39, 0.29) is 0 Å². The molecule has 0 atom stereocenters. The molecule has 0 aliphatic carbocycles. The third kappa shape index (κ3) is 2.03. The van der Waals surface area contributed by atoms with Gasteiger partial charge < -0.3 is 0 Å². The van der Waals surface area contributed by atoms with Gasteiger partial charge in [0.25, 0.3) is 0 Å². The van der Waals surface area contributed by atoms with E-state index in [1.165, 1.54) is 0 Å². The molecule has 82 valence electrons. The quantitative estimate of drug-likeness (QED) is 0.827. The van der Waals surface area contributed by atoms with Crippen LogP contribution in [0.2, 0.25) is 0 Å². The molecule has 0 fully saturated rings. The molecule has 0 heterocycles. The van der Waals surface area contributed by atoms with Crippen LogP contribution in [-0.2, 0) is 9.73 Å². The van der Waals surface area contributed by atoms with Crippen LogP contribution in [0, 0.1) is 0 Å². The van der Waals surface area contributed by atoms with Crippen molar-refractivity contribution in [3.05, 3.63) is 60.7 Å².